The first kappa shape index (κ1) is 26.9. The SMILES string of the molecule is CC(=O)N1CCN(C(=O)Nc2nc(CC(=O)Nc3ccc(S(=O)(=O)Nc4nccc(C)n4)cc3)cs2)CC1. The maximum atomic E-state index is 12.6. The van der Waals surface area contributed by atoms with E-state index < -0.39 is 10.0 Å². The van der Waals surface area contributed by atoms with Gasteiger partial charge in [-0.15, -0.1) is 11.3 Å². The number of sulfonamides is 1. The molecule has 200 valence electrons. The van der Waals surface area contributed by atoms with Crippen molar-refractivity contribution in [2.24, 2.45) is 0 Å². The largest absolute Gasteiger partial charge is 0.339 e. The van der Waals surface area contributed by atoms with Crippen molar-refractivity contribution < 1.29 is 22.8 Å². The minimum Gasteiger partial charge on any atom is -0.339 e. The van der Waals surface area contributed by atoms with E-state index in [-0.39, 0.29) is 35.1 Å². The molecule has 1 aliphatic heterocycles. The van der Waals surface area contributed by atoms with Gasteiger partial charge in [0.15, 0.2) is 5.13 Å². The Labute approximate surface area is 223 Å². The second-order valence-corrected chi connectivity index (χ2v) is 11.0. The van der Waals surface area contributed by atoms with Crippen LogP contribution >= 0.6 is 11.3 Å². The van der Waals surface area contributed by atoms with Crippen LogP contribution < -0.4 is 15.4 Å². The summed E-state index contributed by atoms with van der Waals surface area (Å²) in [5.41, 5.74) is 1.51. The summed E-state index contributed by atoms with van der Waals surface area (Å²) in [6.07, 6.45) is 1.42. The Hall–Kier alpha value is -4.11. The van der Waals surface area contributed by atoms with Gasteiger partial charge in [-0.05, 0) is 37.3 Å². The molecule has 1 aliphatic rings. The average Bonchev–Trinajstić information content (AvgIpc) is 3.30. The van der Waals surface area contributed by atoms with Crippen molar-refractivity contribution in [3.05, 3.63) is 53.3 Å². The molecule has 38 heavy (non-hydrogen) atoms. The summed E-state index contributed by atoms with van der Waals surface area (Å²) >= 11 is 1.20. The molecule has 0 bridgehead atoms. The van der Waals surface area contributed by atoms with Gasteiger partial charge >= 0.3 is 6.03 Å². The van der Waals surface area contributed by atoms with Gasteiger partial charge in [-0.25, -0.2) is 32.9 Å². The number of carbonyl (C=O) groups is 3. The van der Waals surface area contributed by atoms with Gasteiger partial charge in [-0.3, -0.25) is 14.9 Å². The van der Waals surface area contributed by atoms with Crippen LogP contribution in [0.1, 0.15) is 18.3 Å². The molecule has 1 aromatic carbocycles. The van der Waals surface area contributed by atoms with Crippen LogP contribution in [0.5, 0.6) is 0 Å². The summed E-state index contributed by atoms with van der Waals surface area (Å²) in [5, 5.41) is 7.47. The molecular weight excluding hydrogens is 532 g/mol. The van der Waals surface area contributed by atoms with E-state index in [1.54, 1.807) is 28.2 Å². The lowest BCUT2D eigenvalue weighted by atomic mass is 10.3. The highest BCUT2D eigenvalue weighted by Gasteiger charge is 2.23. The molecule has 15 heteroatoms. The van der Waals surface area contributed by atoms with Gasteiger partial charge in [0.05, 0.1) is 17.0 Å². The first-order valence-corrected chi connectivity index (χ1v) is 13.9. The second kappa shape index (κ2) is 11.5. The van der Waals surface area contributed by atoms with Crippen LogP contribution in [-0.4, -0.2) is 77.2 Å². The second-order valence-electron chi connectivity index (χ2n) is 8.44. The maximum Gasteiger partial charge on any atom is 0.323 e. The Morgan fingerprint density at radius 3 is 2.32 bits per heavy atom. The zero-order chi connectivity index (χ0) is 27.3. The van der Waals surface area contributed by atoms with Crippen LogP contribution in [0.2, 0.25) is 0 Å². The minimum absolute atomic E-state index is 0.0109. The molecule has 2 aromatic heterocycles. The molecule has 1 fully saturated rings. The summed E-state index contributed by atoms with van der Waals surface area (Å²) in [7, 11) is -3.90. The van der Waals surface area contributed by atoms with Gasteiger partial charge in [-0.2, -0.15) is 0 Å². The number of amides is 4. The number of benzene rings is 1. The lowest BCUT2D eigenvalue weighted by Crippen LogP contribution is -2.51. The lowest BCUT2D eigenvalue weighted by Gasteiger charge is -2.33. The van der Waals surface area contributed by atoms with Crippen LogP contribution in [-0.2, 0) is 26.0 Å². The number of thiazole rings is 1. The number of anilines is 3. The average molecular weight is 559 g/mol. The molecule has 4 rings (SSSR count). The number of hydrogen-bond donors (Lipinski definition) is 3. The van der Waals surface area contributed by atoms with Crippen molar-refractivity contribution in [3.63, 3.8) is 0 Å². The molecule has 13 nitrogen and oxygen atoms in total. The summed E-state index contributed by atoms with van der Waals surface area (Å²) in [4.78, 5) is 51.9. The monoisotopic (exact) mass is 558 g/mol. The van der Waals surface area contributed by atoms with Crippen molar-refractivity contribution in [1.82, 2.24) is 24.8 Å². The quantitative estimate of drug-likeness (QED) is 0.395. The molecule has 1 saturated heterocycles. The lowest BCUT2D eigenvalue weighted by molar-refractivity contribution is -0.130. The highest BCUT2D eigenvalue weighted by atomic mass is 32.2. The van der Waals surface area contributed by atoms with Crippen LogP contribution in [0.4, 0.5) is 21.6 Å². The van der Waals surface area contributed by atoms with Crippen molar-refractivity contribution in [2.75, 3.05) is 41.5 Å². The number of hydrogen-bond acceptors (Lipinski definition) is 9. The fraction of sp³-hybridized carbons (Fsp3) is 0.304. The van der Waals surface area contributed by atoms with Gasteiger partial charge < -0.3 is 15.1 Å². The fourth-order valence-electron chi connectivity index (χ4n) is 3.60. The molecule has 3 aromatic rings. The van der Waals surface area contributed by atoms with E-state index in [9.17, 15) is 22.8 Å². The summed E-state index contributed by atoms with van der Waals surface area (Å²) < 4.78 is 27.5. The molecular formula is C23H26N8O5S2. The van der Waals surface area contributed by atoms with E-state index >= 15 is 0 Å². The summed E-state index contributed by atoms with van der Waals surface area (Å²) in [5.74, 6) is -0.397. The number of rotatable bonds is 7. The third-order valence-corrected chi connectivity index (χ3v) is 7.74. The molecule has 0 saturated carbocycles. The predicted octanol–water partition coefficient (Wildman–Crippen LogP) is 1.92. The van der Waals surface area contributed by atoms with Crippen LogP contribution in [0.15, 0.2) is 46.8 Å². The van der Waals surface area contributed by atoms with Gasteiger partial charge in [-0.1, -0.05) is 0 Å². The van der Waals surface area contributed by atoms with Gasteiger partial charge in [0.1, 0.15) is 0 Å². The molecule has 0 unspecified atom stereocenters. The Morgan fingerprint density at radius 2 is 1.66 bits per heavy atom. The highest BCUT2D eigenvalue weighted by molar-refractivity contribution is 7.92. The third kappa shape index (κ3) is 7.01. The molecule has 4 amide bonds. The Kier molecular flexibility index (Phi) is 8.16. The fourth-order valence-corrected chi connectivity index (χ4v) is 5.26. The summed E-state index contributed by atoms with van der Waals surface area (Å²) in [6.45, 7) is 5.06. The first-order chi connectivity index (χ1) is 18.1. The summed E-state index contributed by atoms with van der Waals surface area (Å²) in [6, 6.07) is 7.01. The van der Waals surface area contributed by atoms with Gasteiger partial charge in [0.25, 0.3) is 10.0 Å². The Morgan fingerprint density at radius 1 is 0.974 bits per heavy atom. The number of nitrogens with one attached hydrogen (secondary N) is 3. The molecule has 0 radical (unpaired) electrons. The smallest absolute Gasteiger partial charge is 0.323 e. The molecule has 0 atom stereocenters. The number of carbonyl (C=O) groups excluding carboxylic acids is 3. The standard InChI is InChI=1S/C23H26N8O5S2/c1-15-7-8-24-21(25-15)29-38(35,36)19-5-3-17(4-6-19)26-20(33)13-18-14-37-22(27-18)28-23(34)31-11-9-30(10-12-31)16(2)32/h3-8,14H,9-13H2,1-2H3,(H,26,33)(H,24,25,29)(H,27,28,34). The van der Waals surface area contributed by atoms with Crippen molar-refractivity contribution in [3.8, 4) is 0 Å². The third-order valence-electron chi connectivity index (χ3n) is 5.59. The van der Waals surface area contributed by atoms with Crippen LogP contribution in [0, 0.1) is 6.92 Å². The number of nitrogens with zero attached hydrogens (tertiary/aromatic N) is 5. The molecule has 0 aliphatic carbocycles. The molecule has 3 N–H and O–H groups in total. The Bertz CT molecular complexity index is 1430. The van der Waals surface area contributed by atoms with E-state index in [0.717, 1.165) is 0 Å². The molecule has 3 heterocycles. The van der Waals surface area contributed by atoms with E-state index in [2.05, 4.69) is 30.3 Å². The number of aryl methyl sites for hydroxylation is 1. The zero-order valence-electron chi connectivity index (χ0n) is 20.7. The van der Waals surface area contributed by atoms with Crippen LogP contribution in [0.3, 0.4) is 0 Å². The normalized spacial score (nSPS) is 13.6. The van der Waals surface area contributed by atoms with E-state index in [1.165, 1.54) is 48.7 Å². The van der Waals surface area contributed by atoms with Crippen LogP contribution in [0.25, 0.3) is 0 Å². The number of piperazine rings is 1. The van der Waals surface area contributed by atoms with E-state index in [4.69, 9.17) is 0 Å². The maximum absolute atomic E-state index is 12.6. The highest BCUT2D eigenvalue weighted by Crippen LogP contribution is 2.19. The van der Waals surface area contributed by atoms with E-state index in [1.807, 2.05) is 0 Å². The van der Waals surface area contributed by atoms with Gasteiger partial charge in [0, 0.05) is 56.1 Å². The first-order valence-electron chi connectivity index (χ1n) is 11.6. The topological polar surface area (TPSA) is 167 Å². The number of aromatic nitrogens is 3. The van der Waals surface area contributed by atoms with Crippen molar-refractivity contribution in [2.45, 2.75) is 25.2 Å². The molecule has 0 spiro atoms. The predicted molar refractivity (Wildman–Crippen MR) is 141 cm³/mol. The van der Waals surface area contributed by atoms with Crippen molar-refractivity contribution in [1.29, 1.82) is 0 Å². The minimum atomic E-state index is -3.90. The van der Waals surface area contributed by atoms with Crippen molar-refractivity contribution >= 4 is 56.0 Å². The van der Waals surface area contributed by atoms with Gasteiger partial charge in [0.2, 0.25) is 17.8 Å². The van der Waals surface area contributed by atoms with E-state index in [0.29, 0.717) is 48.4 Å². The zero-order valence-corrected chi connectivity index (χ0v) is 22.3. The number of urea groups is 1. The Balaban J connectivity index is 1.27.